The number of pyridine rings is 2. The van der Waals surface area contributed by atoms with E-state index in [-0.39, 0.29) is 12.4 Å². The van der Waals surface area contributed by atoms with Crippen molar-refractivity contribution in [2.75, 3.05) is 43.7 Å². The van der Waals surface area contributed by atoms with Crippen molar-refractivity contribution in [2.24, 2.45) is 0 Å². The Bertz CT molecular complexity index is 1210. The van der Waals surface area contributed by atoms with Gasteiger partial charge >= 0.3 is 0 Å². The molecule has 0 radical (unpaired) electrons. The van der Waals surface area contributed by atoms with Gasteiger partial charge in [-0.3, -0.25) is 0 Å². The third-order valence-electron chi connectivity index (χ3n) is 5.02. The number of aliphatic hydroxyl groups excluding tert-OH is 1. The van der Waals surface area contributed by atoms with Crippen molar-refractivity contribution in [2.45, 2.75) is 10.6 Å². The summed E-state index contributed by atoms with van der Waals surface area (Å²) in [6.07, 6.45) is 2.68. The number of hydrogen-bond donors (Lipinski definition) is 3. The summed E-state index contributed by atoms with van der Waals surface area (Å²) in [4.78, 5) is 10.1. The number of halogens is 1. The van der Waals surface area contributed by atoms with Gasteiger partial charge in [-0.15, -0.1) is 23.1 Å². The first kappa shape index (κ1) is 23.4. The van der Waals surface area contributed by atoms with Gasteiger partial charge in [-0.1, -0.05) is 12.1 Å². The first-order valence-corrected chi connectivity index (χ1v) is 12.3. The van der Waals surface area contributed by atoms with Crippen LogP contribution in [0.3, 0.4) is 0 Å². The van der Waals surface area contributed by atoms with Crippen molar-refractivity contribution in [3.05, 3.63) is 54.5 Å². The number of aliphatic hydroxyl groups is 1. The number of nitrogens with one attached hydrogen (secondary N) is 1. The number of thioether (sulfide) groups is 1. The van der Waals surface area contributed by atoms with Gasteiger partial charge in [0.15, 0.2) is 0 Å². The van der Waals surface area contributed by atoms with Crippen LogP contribution in [0.15, 0.2) is 52.9 Å². The minimum Gasteiger partial charge on any atom is -0.397 e. The van der Waals surface area contributed by atoms with Crippen molar-refractivity contribution in [3.8, 4) is 22.4 Å². The fourth-order valence-corrected chi connectivity index (χ4v) is 5.70. The molecule has 0 atom stereocenters. The Morgan fingerprint density at radius 2 is 1.97 bits per heavy atom. The Hall–Kier alpha value is -2.72. The van der Waals surface area contributed by atoms with E-state index in [1.807, 2.05) is 18.2 Å². The Morgan fingerprint density at radius 3 is 2.67 bits per heavy atom. The summed E-state index contributed by atoms with van der Waals surface area (Å²) >= 11 is 3.27. The molecule has 0 aliphatic carbocycles. The van der Waals surface area contributed by atoms with Gasteiger partial charge in [-0.25, -0.2) is 14.4 Å². The molecule has 0 unspecified atom stereocenters. The Morgan fingerprint density at radius 1 is 1.18 bits per heavy atom. The van der Waals surface area contributed by atoms with Crippen LogP contribution in [0.25, 0.3) is 32.6 Å². The fourth-order valence-electron chi connectivity index (χ4n) is 3.41. The predicted octanol–water partition coefficient (Wildman–Crippen LogP) is 5.28. The molecular formula is C24H25FN4O2S2. The maximum Gasteiger partial charge on any atom is 0.127 e. The second kappa shape index (κ2) is 10.9. The number of nitrogens with two attached hydrogens (primary N) is 1. The summed E-state index contributed by atoms with van der Waals surface area (Å²) < 4.78 is 19.8. The van der Waals surface area contributed by atoms with E-state index in [2.05, 4.69) is 10.3 Å². The highest BCUT2D eigenvalue weighted by molar-refractivity contribution is 8.01. The number of ether oxygens (including phenoxy) is 1. The first-order valence-electron chi connectivity index (χ1n) is 10.5. The van der Waals surface area contributed by atoms with Crippen LogP contribution < -0.4 is 11.1 Å². The summed E-state index contributed by atoms with van der Waals surface area (Å²) in [5.41, 5.74) is 10.7. The van der Waals surface area contributed by atoms with Crippen molar-refractivity contribution in [1.82, 2.24) is 9.97 Å². The zero-order valence-corrected chi connectivity index (χ0v) is 19.8. The van der Waals surface area contributed by atoms with Gasteiger partial charge < -0.3 is 20.9 Å². The third kappa shape index (κ3) is 5.44. The molecule has 0 saturated carbocycles. The molecule has 0 aliphatic rings. The van der Waals surface area contributed by atoms with Crippen LogP contribution in [0.1, 0.15) is 6.42 Å². The van der Waals surface area contributed by atoms with E-state index in [0.29, 0.717) is 24.7 Å². The van der Waals surface area contributed by atoms with Gasteiger partial charge in [0.2, 0.25) is 0 Å². The highest BCUT2D eigenvalue weighted by Gasteiger charge is 2.18. The largest absolute Gasteiger partial charge is 0.397 e. The molecule has 172 valence electrons. The third-order valence-corrected chi connectivity index (χ3v) is 7.50. The minimum atomic E-state index is -0.285. The molecule has 3 heterocycles. The molecule has 0 amide bonds. The van der Waals surface area contributed by atoms with Crippen LogP contribution in [0.4, 0.5) is 15.9 Å². The molecule has 0 spiro atoms. The Kier molecular flexibility index (Phi) is 7.77. The average Bonchev–Trinajstić information content (AvgIpc) is 3.16. The van der Waals surface area contributed by atoms with Gasteiger partial charge in [0, 0.05) is 43.2 Å². The topological polar surface area (TPSA) is 93.3 Å². The molecule has 33 heavy (non-hydrogen) atoms. The molecule has 4 N–H and O–H groups in total. The highest BCUT2D eigenvalue weighted by atomic mass is 32.2. The van der Waals surface area contributed by atoms with Crippen LogP contribution in [0, 0.1) is 5.82 Å². The highest BCUT2D eigenvalue weighted by Crippen LogP contribution is 2.45. The van der Waals surface area contributed by atoms with E-state index in [4.69, 9.17) is 20.6 Å². The predicted molar refractivity (Wildman–Crippen MR) is 135 cm³/mol. The minimum absolute atomic E-state index is 0.0360. The maximum atomic E-state index is 13.6. The molecule has 0 saturated heterocycles. The number of anilines is 2. The molecule has 1 aromatic carbocycles. The van der Waals surface area contributed by atoms with Gasteiger partial charge in [-0.2, -0.15) is 0 Å². The lowest BCUT2D eigenvalue weighted by molar-refractivity contribution is 0.200. The zero-order valence-electron chi connectivity index (χ0n) is 18.2. The standard InChI is InChI=1S/C24H25FN4O2S2/c1-31-11-2-12-32-24-22(26)21-18(15-3-6-17(25)7-4-15)13-19(29-23(21)33-24)16-5-8-20(28-14-16)27-9-10-30/h3-8,13-14,30H,2,9-12,26H2,1H3,(H,27,28). The first-order chi connectivity index (χ1) is 16.1. The number of rotatable bonds is 10. The monoisotopic (exact) mass is 484 g/mol. The summed E-state index contributed by atoms with van der Waals surface area (Å²) in [7, 11) is 1.70. The fraction of sp³-hybridized carbons (Fsp3) is 0.250. The number of aromatic nitrogens is 2. The van der Waals surface area contributed by atoms with Crippen molar-refractivity contribution in [3.63, 3.8) is 0 Å². The van der Waals surface area contributed by atoms with Crippen LogP contribution in [0.5, 0.6) is 0 Å². The summed E-state index contributed by atoms with van der Waals surface area (Å²) in [5.74, 6) is 1.30. The number of nitrogen functional groups attached to an aromatic ring is 1. The summed E-state index contributed by atoms with van der Waals surface area (Å²) in [6, 6.07) is 12.2. The zero-order chi connectivity index (χ0) is 23.2. The number of thiophene rings is 1. The molecule has 0 bridgehead atoms. The lowest BCUT2D eigenvalue weighted by Gasteiger charge is -2.10. The molecule has 6 nitrogen and oxygen atoms in total. The van der Waals surface area contributed by atoms with E-state index >= 15 is 0 Å². The number of benzene rings is 1. The smallest absolute Gasteiger partial charge is 0.127 e. The molecule has 3 aromatic heterocycles. The van der Waals surface area contributed by atoms with Crippen molar-refractivity contribution >= 4 is 44.8 Å². The Balaban J connectivity index is 1.77. The molecule has 9 heteroatoms. The molecule has 4 rings (SSSR count). The SMILES string of the molecule is COCCCSc1sc2nc(-c3ccc(NCCO)nc3)cc(-c3ccc(F)cc3)c2c1N. The van der Waals surface area contributed by atoms with Gasteiger partial charge in [0.1, 0.15) is 16.5 Å². The van der Waals surface area contributed by atoms with Crippen LogP contribution in [-0.2, 0) is 4.74 Å². The molecule has 0 aliphatic heterocycles. The van der Waals surface area contributed by atoms with E-state index in [1.54, 1.807) is 48.5 Å². The number of fused-ring (bicyclic) bond motifs is 1. The number of methoxy groups -OCH3 is 1. The molecule has 4 aromatic rings. The van der Waals surface area contributed by atoms with E-state index in [9.17, 15) is 4.39 Å². The van der Waals surface area contributed by atoms with E-state index in [1.165, 1.54) is 12.1 Å². The second-order valence-corrected chi connectivity index (χ2v) is 9.69. The normalized spacial score (nSPS) is 11.2. The lowest BCUT2D eigenvalue weighted by atomic mass is 10.0. The second-order valence-electron chi connectivity index (χ2n) is 7.32. The summed E-state index contributed by atoms with van der Waals surface area (Å²) in [6.45, 7) is 1.18. The van der Waals surface area contributed by atoms with Gasteiger partial charge in [0.05, 0.1) is 22.2 Å². The lowest BCUT2D eigenvalue weighted by Crippen LogP contribution is -2.06. The van der Waals surface area contributed by atoms with Gasteiger partial charge in [-0.05, 0) is 47.9 Å². The van der Waals surface area contributed by atoms with Crippen LogP contribution in [0.2, 0.25) is 0 Å². The average molecular weight is 485 g/mol. The van der Waals surface area contributed by atoms with Crippen molar-refractivity contribution in [1.29, 1.82) is 0 Å². The Labute approximate surface area is 200 Å². The molecule has 0 fully saturated rings. The molecular weight excluding hydrogens is 459 g/mol. The van der Waals surface area contributed by atoms with Crippen LogP contribution in [-0.4, -0.2) is 47.7 Å². The van der Waals surface area contributed by atoms with E-state index < -0.39 is 0 Å². The summed E-state index contributed by atoms with van der Waals surface area (Å²) in [5, 5.41) is 12.9. The van der Waals surface area contributed by atoms with Crippen LogP contribution >= 0.6 is 23.1 Å². The number of hydrogen-bond acceptors (Lipinski definition) is 8. The maximum absolute atomic E-state index is 13.6. The van der Waals surface area contributed by atoms with Gasteiger partial charge in [0.25, 0.3) is 0 Å². The van der Waals surface area contributed by atoms with E-state index in [0.717, 1.165) is 49.0 Å². The van der Waals surface area contributed by atoms with Crippen molar-refractivity contribution < 1.29 is 14.2 Å². The quantitative estimate of drug-likeness (QED) is 0.208. The number of nitrogens with zero attached hydrogens (tertiary/aromatic N) is 2.